The smallest absolute Gasteiger partial charge is 0.377 e. The summed E-state index contributed by atoms with van der Waals surface area (Å²) in [6.45, 7) is 4.36. The monoisotopic (exact) mass is 683 g/mol. The molecule has 1 saturated heterocycles. The quantitative estimate of drug-likeness (QED) is 0.262. The van der Waals surface area contributed by atoms with Crippen molar-refractivity contribution >= 4 is 57.2 Å². The van der Waals surface area contributed by atoms with E-state index < -0.39 is 17.6 Å². The predicted molar refractivity (Wildman–Crippen MR) is 171 cm³/mol. The summed E-state index contributed by atoms with van der Waals surface area (Å²) < 4.78 is 53.2. The number of anilines is 3. The number of alkyl halides is 3. The molecule has 48 heavy (non-hydrogen) atoms. The first kappa shape index (κ1) is 31.6. The molecule has 0 bridgehead atoms. The molecule has 1 fully saturated rings. The van der Waals surface area contributed by atoms with Crippen molar-refractivity contribution in [3.05, 3.63) is 75.1 Å². The summed E-state index contributed by atoms with van der Waals surface area (Å²) in [6.07, 6.45) is -0.132. The lowest BCUT2D eigenvalue weighted by molar-refractivity contribution is -0.137. The van der Waals surface area contributed by atoms with Crippen LogP contribution in [0.3, 0.4) is 0 Å². The number of nitrogens with one attached hydrogen (secondary N) is 1. The first-order valence-corrected chi connectivity index (χ1v) is 15.7. The number of fused-ring (bicyclic) bond motifs is 2. The molecule has 0 aliphatic carbocycles. The first-order valence-electron chi connectivity index (χ1n) is 15.3. The van der Waals surface area contributed by atoms with Gasteiger partial charge in [-0.2, -0.15) is 22.7 Å². The highest BCUT2D eigenvalue weighted by atomic mass is 35.5. The fourth-order valence-corrected chi connectivity index (χ4v) is 6.27. The summed E-state index contributed by atoms with van der Waals surface area (Å²) in [5.41, 5.74) is 1.70. The van der Waals surface area contributed by atoms with Gasteiger partial charge in [-0.3, -0.25) is 9.59 Å². The lowest BCUT2D eigenvalue weighted by Gasteiger charge is -2.36. The molecule has 0 radical (unpaired) electrons. The maximum absolute atomic E-state index is 14.2. The van der Waals surface area contributed by atoms with Crippen molar-refractivity contribution < 1.29 is 27.2 Å². The normalized spacial score (nSPS) is 15.7. The van der Waals surface area contributed by atoms with Crippen molar-refractivity contribution in [2.45, 2.75) is 32.5 Å². The van der Waals surface area contributed by atoms with Crippen LogP contribution < -0.4 is 20.7 Å². The molecule has 1 aromatic carbocycles. The molecular formula is C31H29ClF3N9O4. The topological polar surface area (TPSA) is 136 Å². The number of piperazine rings is 1. The van der Waals surface area contributed by atoms with E-state index in [0.717, 1.165) is 23.8 Å². The average Bonchev–Trinajstić information content (AvgIpc) is 3.73. The van der Waals surface area contributed by atoms with Crippen LogP contribution >= 0.6 is 11.6 Å². The number of rotatable bonds is 7. The molecule has 2 aliphatic heterocycles. The molecular weight excluding hydrogens is 655 g/mol. The van der Waals surface area contributed by atoms with Gasteiger partial charge in [0.25, 0.3) is 5.56 Å². The van der Waals surface area contributed by atoms with E-state index in [1.165, 1.54) is 4.52 Å². The van der Waals surface area contributed by atoms with Gasteiger partial charge in [0.2, 0.25) is 11.7 Å². The number of halogens is 4. The highest BCUT2D eigenvalue weighted by Crippen LogP contribution is 2.34. The number of pyridine rings is 1. The summed E-state index contributed by atoms with van der Waals surface area (Å²) >= 11 is 6.12. The molecule has 0 unspecified atom stereocenters. The number of benzene rings is 1. The van der Waals surface area contributed by atoms with Gasteiger partial charge in [-0.25, -0.2) is 4.98 Å². The third kappa shape index (κ3) is 5.85. The van der Waals surface area contributed by atoms with Crippen LogP contribution in [-0.2, 0) is 28.7 Å². The van der Waals surface area contributed by atoms with Crippen molar-refractivity contribution in [1.82, 2.24) is 29.3 Å². The van der Waals surface area contributed by atoms with Gasteiger partial charge in [0.05, 0.1) is 35.2 Å². The largest absolute Gasteiger partial charge is 0.416 e. The van der Waals surface area contributed by atoms with Crippen LogP contribution in [0, 0.1) is 0 Å². The Morgan fingerprint density at radius 2 is 1.92 bits per heavy atom. The first-order chi connectivity index (χ1) is 23.1. The Balaban J connectivity index is 1.24. The maximum Gasteiger partial charge on any atom is 0.416 e. The van der Waals surface area contributed by atoms with Crippen LogP contribution in [0.5, 0.6) is 0 Å². The van der Waals surface area contributed by atoms with Gasteiger partial charge in [0.15, 0.2) is 22.7 Å². The van der Waals surface area contributed by atoms with E-state index in [1.807, 2.05) is 22.8 Å². The number of amides is 1. The van der Waals surface area contributed by atoms with Crippen LogP contribution in [0.15, 0.2) is 51.9 Å². The standard InChI is InChI=1S/C31H29ClF3N9O4/c1-2-22-26(41-10-12-42(13-11-41)28-25-23(48-40-28)4-3-9-36-25)29(46)44-30(38-27(39-44)18-7-14-47-15-8-18)43(22)17-24(45)37-21-6-5-19(16-20(21)32)31(33,34)35/h3-7,9,16H,2,8,10-15,17H2,1H3,(H,37,45). The fourth-order valence-electron chi connectivity index (χ4n) is 6.04. The van der Waals surface area contributed by atoms with Crippen molar-refractivity contribution in [3.63, 3.8) is 0 Å². The van der Waals surface area contributed by atoms with Crippen LogP contribution in [0.1, 0.15) is 30.4 Å². The minimum absolute atomic E-state index is 0.0190. The summed E-state index contributed by atoms with van der Waals surface area (Å²) in [5.74, 6) is 0.561. The van der Waals surface area contributed by atoms with E-state index in [9.17, 15) is 22.8 Å². The number of carbonyl (C=O) groups excluding carboxylic acids is 1. The van der Waals surface area contributed by atoms with Crippen LogP contribution in [0.2, 0.25) is 5.02 Å². The zero-order chi connectivity index (χ0) is 33.6. The van der Waals surface area contributed by atoms with Gasteiger partial charge in [-0.1, -0.05) is 29.8 Å². The number of aromatic nitrogens is 6. The lowest BCUT2D eigenvalue weighted by atomic mass is 10.1. The summed E-state index contributed by atoms with van der Waals surface area (Å²) in [4.78, 5) is 40.8. The number of ether oxygens (including phenoxy) is 1. The van der Waals surface area contributed by atoms with Crippen LogP contribution in [-0.4, -0.2) is 74.6 Å². The van der Waals surface area contributed by atoms with Crippen molar-refractivity contribution in [2.75, 3.05) is 54.5 Å². The molecule has 0 atom stereocenters. The predicted octanol–water partition coefficient (Wildman–Crippen LogP) is 4.43. The molecule has 17 heteroatoms. The van der Waals surface area contributed by atoms with Gasteiger partial charge in [-0.15, -0.1) is 5.10 Å². The van der Waals surface area contributed by atoms with Gasteiger partial charge >= 0.3 is 6.18 Å². The van der Waals surface area contributed by atoms with E-state index in [-0.39, 0.29) is 28.6 Å². The van der Waals surface area contributed by atoms with Crippen molar-refractivity contribution in [1.29, 1.82) is 0 Å². The molecule has 7 rings (SSSR count). The number of hydrogen-bond acceptors (Lipinski definition) is 10. The second-order valence-electron chi connectivity index (χ2n) is 11.3. The third-order valence-corrected chi connectivity index (χ3v) is 8.70. The Bertz CT molecular complexity index is 2120. The van der Waals surface area contributed by atoms with E-state index in [4.69, 9.17) is 25.8 Å². The Labute approximate surface area is 275 Å². The van der Waals surface area contributed by atoms with Crippen molar-refractivity contribution in [3.8, 4) is 0 Å². The summed E-state index contributed by atoms with van der Waals surface area (Å²) in [5, 5.41) is 11.1. The molecule has 250 valence electrons. The molecule has 4 aromatic heterocycles. The highest BCUT2D eigenvalue weighted by Gasteiger charge is 2.32. The lowest BCUT2D eigenvalue weighted by Crippen LogP contribution is -2.49. The zero-order valence-electron chi connectivity index (χ0n) is 25.6. The Morgan fingerprint density at radius 1 is 1.12 bits per heavy atom. The summed E-state index contributed by atoms with van der Waals surface area (Å²) in [6, 6.07) is 6.28. The molecule has 1 amide bonds. The Morgan fingerprint density at radius 3 is 2.62 bits per heavy atom. The maximum atomic E-state index is 14.2. The van der Waals surface area contributed by atoms with Gasteiger partial charge in [-0.05, 0) is 48.7 Å². The molecule has 5 aromatic rings. The number of nitrogens with zero attached hydrogens (tertiary/aromatic N) is 8. The fraction of sp³-hybridized carbons (Fsp3) is 0.355. The van der Waals surface area contributed by atoms with Crippen LogP contribution in [0.25, 0.3) is 22.5 Å². The minimum atomic E-state index is -4.59. The molecule has 13 nitrogen and oxygen atoms in total. The van der Waals surface area contributed by atoms with E-state index in [0.29, 0.717) is 86.4 Å². The molecule has 6 heterocycles. The van der Waals surface area contributed by atoms with Crippen molar-refractivity contribution in [2.24, 2.45) is 0 Å². The summed E-state index contributed by atoms with van der Waals surface area (Å²) in [7, 11) is 0. The van der Waals surface area contributed by atoms with E-state index >= 15 is 0 Å². The Kier molecular flexibility index (Phi) is 8.29. The van der Waals surface area contributed by atoms with E-state index in [2.05, 4.69) is 20.6 Å². The van der Waals surface area contributed by atoms with Gasteiger partial charge in [0.1, 0.15) is 12.2 Å². The Hall–Kier alpha value is -4.96. The molecule has 1 N–H and O–H groups in total. The number of hydrogen-bond donors (Lipinski definition) is 1. The van der Waals surface area contributed by atoms with E-state index in [1.54, 1.807) is 22.9 Å². The zero-order valence-corrected chi connectivity index (χ0v) is 26.4. The second-order valence-corrected chi connectivity index (χ2v) is 11.7. The second kappa shape index (κ2) is 12.6. The van der Waals surface area contributed by atoms with Crippen LogP contribution in [0.4, 0.5) is 30.4 Å². The SMILES string of the molecule is CCc1c(N2CCN(c3noc4cccnc34)CC2)c(=O)n2nc(C3=CCOCC3)nc2n1CC(=O)Nc1ccc(C(F)(F)F)cc1Cl. The van der Waals surface area contributed by atoms with Gasteiger partial charge in [0, 0.05) is 32.4 Å². The molecule has 0 saturated carbocycles. The minimum Gasteiger partial charge on any atom is -0.377 e. The van der Waals surface area contributed by atoms with Gasteiger partial charge < -0.3 is 28.9 Å². The molecule has 2 aliphatic rings. The third-order valence-electron chi connectivity index (χ3n) is 8.39. The highest BCUT2D eigenvalue weighted by molar-refractivity contribution is 6.33. The molecule has 0 spiro atoms. The average molecular weight is 684 g/mol. The number of carbonyl (C=O) groups is 1.